The van der Waals surface area contributed by atoms with Crippen molar-refractivity contribution in [1.29, 1.82) is 0 Å². The molecule has 248 valence electrons. The third-order valence-electron chi connectivity index (χ3n) is 12.1. The van der Waals surface area contributed by atoms with Gasteiger partial charge in [-0.2, -0.15) is 0 Å². The number of piperidine rings is 2. The van der Waals surface area contributed by atoms with E-state index in [0.717, 1.165) is 38.6 Å². The van der Waals surface area contributed by atoms with Gasteiger partial charge in [0.2, 0.25) is 5.91 Å². The molecule has 1 aliphatic carbocycles. The van der Waals surface area contributed by atoms with Crippen LogP contribution >= 0.6 is 0 Å². The summed E-state index contributed by atoms with van der Waals surface area (Å²) in [6.07, 6.45) is 2.63. The molecule has 9 nitrogen and oxygen atoms in total. The molecule has 1 saturated carbocycles. The van der Waals surface area contributed by atoms with Gasteiger partial charge in [-0.1, -0.05) is 20.4 Å². The molecule has 0 aromatic carbocycles. The van der Waals surface area contributed by atoms with Crippen LogP contribution in [0.5, 0.6) is 0 Å². The highest BCUT2D eigenvalue weighted by atomic mass is 19.1. The first-order valence-electron chi connectivity index (χ1n) is 17.3. The maximum atomic E-state index is 16.6. The largest absolute Gasteiger partial charge is 0.378 e. The van der Waals surface area contributed by atoms with Gasteiger partial charge >= 0.3 is 6.03 Å². The van der Waals surface area contributed by atoms with Crippen LogP contribution in [-0.2, 0) is 9.53 Å². The van der Waals surface area contributed by atoms with E-state index in [-0.39, 0.29) is 60.5 Å². The van der Waals surface area contributed by atoms with E-state index in [4.69, 9.17) is 4.74 Å². The Morgan fingerprint density at radius 2 is 1.84 bits per heavy atom. The van der Waals surface area contributed by atoms with Crippen LogP contribution in [0.1, 0.15) is 72.6 Å². The summed E-state index contributed by atoms with van der Waals surface area (Å²) < 4.78 is 38.7. The van der Waals surface area contributed by atoms with Crippen LogP contribution in [0.4, 0.5) is 13.6 Å². The first-order chi connectivity index (χ1) is 21.1. The minimum Gasteiger partial charge on any atom is -0.378 e. The molecule has 2 bridgehead atoms. The lowest BCUT2D eigenvalue weighted by molar-refractivity contribution is -0.139. The number of hydrogen-bond acceptors (Lipinski definition) is 6. The maximum Gasteiger partial charge on any atom is 0.320 e. The van der Waals surface area contributed by atoms with Crippen molar-refractivity contribution in [3.8, 4) is 0 Å². The molecule has 11 heteroatoms. The number of ether oxygens (including phenoxy) is 1. The monoisotopic (exact) mass is 620 g/mol. The third-order valence-corrected chi connectivity index (χ3v) is 12.1. The number of urea groups is 1. The second-order valence-electron chi connectivity index (χ2n) is 14.6. The lowest BCUT2D eigenvalue weighted by atomic mass is 9.72. The van der Waals surface area contributed by atoms with Gasteiger partial charge in [0.15, 0.2) is 0 Å². The van der Waals surface area contributed by atoms with Crippen molar-refractivity contribution in [2.45, 2.75) is 134 Å². The molecule has 0 radical (unpaired) electrons. The quantitative estimate of drug-likeness (QED) is 0.420. The minimum atomic E-state index is -1.27. The zero-order valence-corrected chi connectivity index (χ0v) is 27.0. The molecule has 0 aromatic rings. The molecule has 5 saturated heterocycles. The van der Waals surface area contributed by atoms with Gasteiger partial charge in [-0.3, -0.25) is 15.0 Å². The number of fused-ring (bicyclic) bond motifs is 5. The smallest absolute Gasteiger partial charge is 0.320 e. The summed E-state index contributed by atoms with van der Waals surface area (Å²) in [5, 5.41) is 10.7. The SMILES string of the molecule is C=CC(=O)N1CCN(C2NC(=O)N3C4NC(C(F)CC42)C2C(F)CCCC2OCCCC2CCNC(C(C)C)C23)[C@@H](C)[C@H]1C. The lowest BCUT2D eigenvalue weighted by Crippen LogP contribution is -2.80. The number of carbonyl (C=O) groups is 2. The number of rotatable bonds is 3. The number of halogens is 2. The zero-order chi connectivity index (χ0) is 31.3. The summed E-state index contributed by atoms with van der Waals surface area (Å²) >= 11 is 0. The van der Waals surface area contributed by atoms with Gasteiger partial charge in [-0.15, -0.1) is 0 Å². The number of hydrogen-bond donors (Lipinski definition) is 3. The molecule has 6 aliphatic rings. The van der Waals surface area contributed by atoms with E-state index in [1.165, 1.54) is 6.08 Å². The highest BCUT2D eigenvalue weighted by Crippen LogP contribution is 2.43. The normalized spacial score (nSPS) is 45.3. The molecular formula is C33H54F2N6O3. The number of amides is 3. The number of alkyl halides is 2. The molecule has 6 fully saturated rings. The van der Waals surface area contributed by atoms with Gasteiger partial charge in [0.1, 0.15) is 12.3 Å². The Morgan fingerprint density at radius 1 is 1.05 bits per heavy atom. The van der Waals surface area contributed by atoms with Crippen molar-refractivity contribution in [1.82, 2.24) is 30.7 Å². The van der Waals surface area contributed by atoms with Crippen molar-refractivity contribution in [3.63, 3.8) is 0 Å². The molecular weight excluding hydrogens is 566 g/mol. The average Bonchev–Trinajstić information content (AvgIpc) is 2.99. The first kappa shape index (κ1) is 32.1. The topological polar surface area (TPSA) is 89.2 Å². The van der Waals surface area contributed by atoms with Crippen LogP contribution in [0, 0.1) is 23.7 Å². The van der Waals surface area contributed by atoms with E-state index >= 15 is 8.78 Å². The van der Waals surface area contributed by atoms with Gasteiger partial charge in [-0.25, -0.2) is 13.6 Å². The average molecular weight is 621 g/mol. The Kier molecular flexibility index (Phi) is 9.58. The molecule has 0 spiro atoms. The Labute approximate surface area is 261 Å². The summed E-state index contributed by atoms with van der Waals surface area (Å²) in [6.45, 7) is 14.7. The molecule has 13 atom stereocenters. The fourth-order valence-electron chi connectivity index (χ4n) is 9.70. The van der Waals surface area contributed by atoms with Crippen LogP contribution < -0.4 is 16.0 Å². The van der Waals surface area contributed by atoms with E-state index in [0.29, 0.717) is 32.0 Å². The van der Waals surface area contributed by atoms with E-state index in [1.807, 2.05) is 16.7 Å². The molecule has 5 heterocycles. The van der Waals surface area contributed by atoms with Crippen LogP contribution in [0.2, 0.25) is 0 Å². The molecule has 0 aromatic heterocycles. The summed E-state index contributed by atoms with van der Waals surface area (Å²) in [6, 6.07) is -1.02. The second kappa shape index (κ2) is 13.1. The summed E-state index contributed by atoms with van der Waals surface area (Å²) in [7, 11) is 0. The molecule has 3 N–H and O–H groups in total. The van der Waals surface area contributed by atoms with Crippen LogP contribution in [-0.4, -0.2) is 114 Å². The minimum absolute atomic E-state index is 0.0645. The zero-order valence-electron chi connectivity index (χ0n) is 27.0. The highest BCUT2D eigenvalue weighted by molar-refractivity contribution is 5.87. The van der Waals surface area contributed by atoms with Gasteiger partial charge < -0.3 is 25.2 Å². The standard InChI is InChI=1S/C33H54F2N6O3/c1-6-26(42)39-14-15-40(20(5)19(39)4)31-22-17-24(35)29-27-23(34)10-7-11-25(27)44-16-8-9-21-12-13-36-28(18(2)3)30(21)41(32(22)37-29)33(43)38-31/h6,18-25,27-32,36-37H,1,7-17H2,2-5H3,(H,38,43)/t19-,20+,21?,22?,23?,24?,25?,27?,28?,29?,30?,31?,32?/m1/s1. The summed E-state index contributed by atoms with van der Waals surface area (Å²) in [5.74, 6) is -0.374. The number of nitrogens with zero attached hydrogens (tertiary/aromatic N) is 3. The predicted octanol–water partition coefficient (Wildman–Crippen LogP) is 3.41. The van der Waals surface area contributed by atoms with Gasteiger partial charge in [0.05, 0.1) is 24.5 Å². The van der Waals surface area contributed by atoms with E-state index in [9.17, 15) is 9.59 Å². The Bertz CT molecular complexity index is 1070. The van der Waals surface area contributed by atoms with Gasteiger partial charge in [-0.05, 0) is 83.2 Å². The van der Waals surface area contributed by atoms with E-state index in [1.54, 1.807) is 0 Å². The molecule has 3 amide bonds. The van der Waals surface area contributed by atoms with E-state index in [2.05, 4.69) is 48.2 Å². The van der Waals surface area contributed by atoms with Crippen molar-refractivity contribution in [2.75, 3.05) is 26.2 Å². The summed E-state index contributed by atoms with van der Waals surface area (Å²) in [4.78, 5) is 33.1. The Balaban J connectivity index is 1.38. The van der Waals surface area contributed by atoms with Crippen molar-refractivity contribution < 1.29 is 23.1 Å². The Morgan fingerprint density at radius 3 is 2.59 bits per heavy atom. The number of piperazine rings is 1. The van der Waals surface area contributed by atoms with Crippen LogP contribution in [0.25, 0.3) is 0 Å². The number of nitrogens with one attached hydrogen (secondary N) is 3. The number of carbonyl (C=O) groups excluding carboxylic acids is 2. The molecule has 6 rings (SSSR count). The van der Waals surface area contributed by atoms with E-state index < -0.39 is 36.6 Å². The Hall–Kier alpha value is -1.82. The highest BCUT2D eigenvalue weighted by Gasteiger charge is 2.58. The fraction of sp³-hybridized carbons (Fsp3) is 0.879. The molecule has 5 aliphatic heterocycles. The van der Waals surface area contributed by atoms with Crippen LogP contribution in [0.15, 0.2) is 12.7 Å². The van der Waals surface area contributed by atoms with Crippen molar-refractivity contribution in [3.05, 3.63) is 12.7 Å². The molecule has 44 heavy (non-hydrogen) atoms. The second-order valence-corrected chi connectivity index (χ2v) is 14.6. The predicted molar refractivity (Wildman–Crippen MR) is 165 cm³/mol. The molecule has 11 unspecified atom stereocenters. The van der Waals surface area contributed by atoms with Gasteiger partial charge in [0, 0.05) is 55.7 Å². The lowest BCUT2D eigenvalue weighted by Gasteiger charge is -2.60. The van der Waals surface area contributed by atoms with Gasteiger partial charge in [0.25, 0.3) is 0 Å². The summed E-state index contributed by atoms with van der Waals surface area (Å²) in [5.41, 5.74) is 0. The van der Waals surface area contributed by atoms with Crippen molar-refractivity contribution in [2.24, 2.45) is 23.7 Å². The third kappa shape index (κ3) is 5.68. The van der Waals surface area contributed by atoms with Crippen LogP contribution in [0.3, 0.4) is 0 Å². The van der Waals surface area contributed by atoms with Crippen molar-refractivity contribution >= 4 is 11.9 Å². The first-order valence-corrected chi connectivity index (χ1v) is 17.3. The maximum absolute atomic E-state index is 16.6. The fourth-order valence-corrected chi connectivity index (χ4v) is 9.70.